The largest absolute Gasteiger partial charge is 0.395 e. The van der Waals surface area contributed by atoms with Gasteiger partial charge in [-0.25, -0.2) is 0 Å². The topological polar surface area (TPSA) is 83.8 Å². The van der Waals surface area contributed by atoms with Crippen LogP contribution >= 0.6 is 15.9 Å². The van der Waals surface area contributed by atoms with Crippen molar-refractivity contribution in [1.29, 1.82) is 0 Å². The third-order valence-corrected chi connectivity index (χ3v) is 3.08. The SMILES string of the molecule is CCc1[nH]nc(C(=O)Nc2ccc(Br)cc2)c1N. The molecule has 2 rings (SSSR count). The van der Waals surface area contributed by atoms with Crippen molar-refractivity contribution < 1.29 is 4.79 Å². The maximum Gasteiger partial charge on any atom is 0.278 e. The van der Waals surface area contributed by atoms with E-state index in [4.69, 9.17) is 5.73 Å². The van der Waals surface area contributed by atoms with Gasteiger partial charge in [-0.15, -0.1) is 0 Å². The van der Waals surface area contributed by atoms with Crippen LogP contribution in [0.1, 0.15) is 23.1 Å². The summed E-state index contributed by atoms with van der Waals surface area (Å²) in [4.78, 5) is 12.0. The fourth-order valence-electron chi connectivity index (χ4n) is 1.55. The van der Waals surface area contributed by atoms with Gasteiger partial charge in [-0.1, -0.05) is 22.9 Å². The normalized spacial score (nSPS) is 10.3. The number of nitrogens with one attached hydrogen (secondary N) is 2. The van der Waals surface area contributed by atoms with Crippen molar-refractivity contribution in [2.75, 3.05) is 11.1 Å². The van der Waals surface area contributed by atoms with Crippen LogP contribution in [-0.2, 0) is 6.42 Å². The molecule has 1 aromatic carbocycles. The number of aryl methyl sites for hydroxylation is 1. The van der Waals surface area contributed by atoms with Crippen LogP contribution in [0.2, 0.25) is 0 Å². The molecule has 0 radical (unpaired) electrons. The maximum absolute atomic E-state index is 12.0. The van der Waals surface area contributed by atoms with E-state index in [9.17, 15) is 4.79 Å². The average Bonchev–Trinajstić information content (AvgIpc) is 2.73. The highest BCUT2D eigenvalue weighted by atomic mass is 79.9. The predicted octanol–water partition coefficient (Wildman–Crippen LogP) is 2.57. The van der Waals surface area contributed by atoms with Crippen LogP contribution < -0.4 is 11.1 Å². The fourth-order valence-corrected chi connectivity index (χ4v) is 1.82. The standard InChI is InChI=1S/C12H13BrN4O/c1-2-9-10(14)11(17-16-9)12(18)15-8-5-3-7(13)4-6-8/h3-6H,2,14H2,1H3,(H,15,18)(H,16,17). The molecule has 6 heteroatoms. The van der Waals surface area contributed by atoms with Crippen molar-refractivity contribution in [3.63, 3.8) is 0 Å². The highest BCUT2D eigenvalue weighted by Crippen LogP contribution is 2.18. The quantitative estimate of drug-likeness (QED) is 0.815. The van der Waals surface area contributed by atoms with Crippen molar-refractivity contribution in [3.05, 3.63) is 40.1 Å². The number of hydrogen-bond donors (Lipinski definition) is 3. The molecule has 0 bridgehead atoms. The summed E-state index contributed by atoms with van der Waals surface area (Å²) in [6, 6.07) is 7.29. The predicted molar refractivity (Wildman–Crippen MR) is 74.5 cm³/mol. The van der Waals surface area contributed by atoms with E-state index in [1.165, 1.54) is 0 Å². The zero-order chi connectivity index (χ0) is 13.1. The summed E-state index contributed by atoms with van der Waals surface area (Å²) < 4.78 is 0.952. The van der Waals surface area contributed by atoms with Crippen molar-refractivity contribution in [2.45, 2.75) is 13.3 Å². The number of anilines is 2. The molecule has 0 atom stereocenters. The molecule has 0 aliphatic heterocycles. The van der Waals surface area contributed by atoms with Gasteiger partial charge in [0, 0.05) is 10.2 Å². The Hall–Kier alpha value is -1.82. The Labute approximate surface area is 113 Å². The van der Waals surface area contributed by atoms with Gasteiger partial charge in [-0.05, 0) is 30.7 Å². The molecule has 0 fully saturated rings. The van der Waals surface area contributed by atoms with Crippen LogP contribution in [0.25, 0.3) is 0 Å². The zero-order valence-electron chi connectivity index (χ0n) is 9.83. The molecule has 4 N–H and O–H groups in total. The van der Waals surface area contributed by atoms with Crippen molar-refractivity contribution in [1.82, 2.24) is 10.2 Å². The molecular formula is C12H13BrN4O. The number of carbonyl (C=O) groups excluding carboxylic acids is 1. The van der Waals surface area contributed by atoms with E-state index in [0.29, 0.717) is 17.8 Å². The van der Waals surface area contributed by atoms with Crippen molar-refractivity contribution >= 4 is 33.2 Å². The zero-order valence-corrected chi connectivity index (χ0v) is 11.4. The van der Waals surface area contributed by atoms with Crippen LogP contribution in [0.15, 0.2) is 28.7 Å². The van der Waals surface area contributed by atoms with Crippen molar-refractivity contribution in [3.8, 4) is 0 Å². The highest BCUT2D eigenvalue weighted by molar-refractivity contribution is 9.10. The number of aromatic nitrogens is 2. The lowest BCUT2D eigenvalue weighted by atomic mass is 10.2. The van der Waals surface area contributed by atoms with Gasteiger partial charge in [0.2, 0.25) is 0 Å². The lowest BCUT2D eigenvalue weighted by Crippen LogP contribution is -2.14. The van der Waals surface area contributed by atoms with Gasteiger partial charge in [0.25, 0.3) is 5.91 Å². The Kier molecular flexibility index (Phi) is 3.66. The van der Waals surface area contributed by atoms with Gasteiger partial charge in [-0.3, -0.25) is 9.89 Å². The summed E-state index contributed by atoms with van der Waals surface area (Å²) >= 11 is 3.33. The number of halogens is 1. The lowest BCUT2D eigenvalue weighted by Gasteiger charge is -2.03. The van der Waals surface area contributed by atoms with Crippen LogP contribution in [0.5, 0.6) is 0 Å². The number of benzene rings is 1. The number of rotatable bonds is 3. The average molecular weight is 309 g/mol. The fraction of sp³-hybridized carbons (Fsp3) is 0.167. The minimum atomic E-state index is -0.314. The molecule has 1 aromatic heterocycles. The first-order chi connectivity index (χ1) is 8.61. The van der Waals surface area contributed by atoms with Crippen LogP contribution in [-0.4, -0.2) is 16.1 Å². The number of carbonyl (C=O) groups is 1. The van der Waals surface area contributed by atoms with Crippen LogP contribution in [0.3, 0.4) is 0 Å². The van der Waals surface area contributed by atoms with Crippen molar-refractivity contribution in [2.24, 2.45) is 0 Å². The number of H-pyrrole nitrogens is 1. The molecule has 0 aliphatic carbocycles. The molecular weight excluding hydrogens is 296 g/mol. The molecule has 0 unspecified atom stereocenters. The summed E-state index contributed by atoms with van der Waals surface area (Å²) in [7, 11) is 0. The summed E-state index contributed by atoms with van der Waals surface area (Å²) in [6.07, 6.45) is 0.713. The molecule has 0 spiro atoms. The summed E-state index contributed by atoms with van der Waals surface area (Å²) in [5.74, 6) is -0.314. The first kappa shape index (κ1) is 12.6. The van der Waals surface area contributed by atoms with E-state index >= 15 is 0 Å². The number of nitrogens with zero attached hydrogens (tertiary/aromatic N) is 1. The molecule has 1 heterocycles. The molecule has 0 saturated heterocycles. The third kappa shape index (κ3) is 2.53. The van der Waals surface area contributed by atoms with E-state index in [1.807, 2.05) is 19.1 Å². The first-order valence-corrected chi connectivity index (χ1v) is 6.30. The van der Waals surface area contributed by atoms with Gasteiger partial charge >= 0.3 is 0 Å². The van der Waals surface area contributed by atoms with E-state index in [1.54, 1.807) is 12.1 Å². The van der Waals surface area contributed by atoms with E-state index in [0.717, 1.165) is 10.2 Å². The molecule has 0 aliphatic rings. The molecule has 5 nitrogen and oxygen atoms in total. The van der Waals surface area contributed by atoms with Gasteiger partial charge in [0.15, 0.2) is 5.69 Å². The molecule has 1 amide bonds. The number of aromatic amines is 1. The first-order valence-electron chi connectivity index (χ1n) is 5.51. The Bertz CT molecular complexity index is 562. The Morgan fingerprint density at radius 1 is 1.44 bits per heavy atom. The van der Waals surface area contributed by atoms with Gasteiger partial charge < -0.3 is 11.1 Å². The summed E-state index contributed by atoms with van der Waals surface area (Å²) in [5, 5.41) is 9.43. The smallest absolute Gasteiger partial charge is 0.278 e. The van der Waals surface area contributed by atoms with Gasteiger partial charge in [0.1, 0.15) is 0 Å². The maximum atomic E-state index is 12.0. The van der Waals surface area contributed by atoms with E-state index < -0.39 is 0 Å². The minimum Gasteiger partial charge on any atom is -0.395 e. The number of nitrogen functional groups attached to an aromatic ring is 1. The minimum absolute atomic E-state index is 0.231. The lowest BCUT2D eigenvalue weighted by molar-refractivity contribution is 0.102. The number of nitrogens with two attached hydrogens (primary N) is 1. The molecule has 94 valence electrons. The molecule has 2 aromatic rings. The Morgan fingerprint density at radius 3 is 2.67 bits per heavy atom. The van der Waals surface area contributed by atoms with Crippen LogP contribution in [0, 0.1) is 0 Å². The summed E-state index contributed by atoms with van der Waals surface area (Å²) in [6.45, 7) is 1.94. The molecule has 0 saturated carbocycles. The molecule has 18 heavy (non-hydrogen) atoms. The summed E-state index contributed by atoms with van der Waals surface area (Å²) in [5.41, 5.74) is 7.94. The Balaban J connectivity index is 2.16. The second-order valence-electron chi connectivity index (χ2n) is 3.78. The second kappa shape index (κ2) is 5.22. The number of amides is 1. The highest BCUT2D eigenvalue weighted by Gasteiger charge is 2.16. The monoisotopic (exact) mass is 308 g/mol. The van der Waals surface area contributed by atoms with Gasteiger partial charge in [0.05, 0.1) is 11.4 Å². The second-order valence-corrected chi connectivity index (χ2v) is 4.69. The van der Waals surface area contributed by atoms with Gasteiger partial charge in [-0.2, -0.15) is 5.10 Å². The van der Waals surface area contributed by atoms with E-state index in [-0.39, 0.29) is 11.6 Å². The number of hydrogen-bond acceptors (Lipinski definition) is 3. The Morgan fingerprint density at radius 2 is 2.11 bits per heavy atom. The third-order valence-electron chi connectivity index (χ3n) is 2.55. The van der Waals surface area contributed by atoms with E-state index in [2.05, 4.69) is 31.4 Å². The van der Waals surface area contributed by atoms with Crippen LogP contribution in [0.4, 0.5) is 11.4 Å².